The Balaban J connectivity index is 1.79. The molecule has 1 N–H and O–H groups in total. The highest BCUT2D eigenvalue weighted by Crippen LogP contribution is 2.33. The zero-order valence-corrected chi connectivity index (χ0v) is 15.5. The SMILES string of the molecule is CCCN(Cc1cc(NC(=O)C2CC2)ccc1N(C)C)C(=O)C1CC1. The first-order chi connectivity index (χ1) is 12.0. The average Bonchev–Trinajstić information content (AvgIpc) is 3.46. The molecule has 0 radical (unpaired) electrons. The standard InChI is InChI=1S/C20H29N3O2/c1-4-11-23(20(25)15-7-8-15)13-16-12-17(9-10-18(16)22(2)3)21-19(24)14-5-6-14/h9-10,12,14-15H,4-8,11,13H2,1-3H3,(H,21,24). The Kier molecular flexibility index (Phi) is 5.30. The largest absolute Gasteiger partial charge is 0.377 e. The van der Waals surface area contributed by atoms with Crippen molar-refractivity contribution in [3.63, 3.8) is 0 Å². The molecule has 1 aromatic rings. The molecule has 2 aliphatic carbocycles. The van der Waals surface area contributed by atoms with Crippen LogP contribution in [0.25, 0.3) is 0 Å². The van der Waals surface area contributed by atoms with E-state index < -0.39 is 0 Å². The van der Waals surface area contributed by atoms with Crippen LogP contribution >= 0.6 is 0 Å². The lowest BCUT2D eigenvalue weighted by Gasteiger charge is -2.26. The van der Waals surface area contributed by atoms with E-state index in [-0.39, 0.29) is 23.7 Å². The molecule has 5 nitrogen and oxygen atoms in total. The van der Waals surface area contributed by atoms with E-state index in [4.69, 9.17) is 0 Å². The van der Waals surface area contributed by atoms with Crippen molar-refractivity contribution in [3.8, 4) is 0 Å². The lowest BCUT2D eigenvalue weighted by Crippen LogP contribution is -2.33. The first-order valence-corrected chi connectivity index (χ1v) is 9.39. The van der Waals surface area contributed by atoms with Gasteiger partial charge >= 0.3 is 0 Å². The molecular weight excluding hydrogens is 314 g/mol. The first-order valence-electron chi connectivity index (χ1n) is 9.39. The maximum Gasteiger partial charge on any atom is 0.227 e. The highest BCUT2D eigenvalue weighted by molar-refractivity contribution is 5.94. The molecule has 2 fully saturated rings. The third kappa shape index (κ3) is 4.53. The van der Waals surface area contributed by atoms with Gasteiger partial charge in [-0.15, -0.1) is 0 Å². The lowest BCUT2D eigenvalue weighted by molar-refractivity contribution is -0.133. The van der Waals surface area contributed by atoms with Gasteiger partial charge in [-0.25, -0.2) is 0 Å². The molecule has 0 aliphatic heterocycles. The maximum atomic E-state index is 12.6. The molecule has 5 heteroatoms. The van der Waals surface area contributed by atoms with Crippen molar-refractivity contribution < 1.29 is 9.59 Å². The topological polar surface area (TPSA) is 52.7 Å². The lowest BCUT2D eigenvalue weighted by atomic mass is 10.1. The molecule has 136 valence electrons. The van der Waals surface area contributed by atoms with Crippen LogP contribution in [0, 0.1) is 11.8 Å². The molecule has 0 atom stereocenters. The zero-order chi connectivity index (χ0) is 18.0. The highest BCUT2D eigenvalue weighted by atomic mass is 16.2. The summed E-state index contributed by atoms with van der Waals surface area (Å²) >= 11 is 0. The second-order valence-electron chi connectivity index (χ2n) is 7.54. The third-order valence-corrected chi connectivity index (χ3v) is 4.87. The van der Waals surface area contributed by atoms with Gasteiger partial charge in [0.2, 0.25) is 11.8 Å². The van der Waals surface area contributed by atoms with E-state index in [1.165, 1.54) is 0 Å². The van der Waals surface area contributed by atoms with Gasteiger partial charge < -0.3 is 15.1 Å². The first kappa shape index (κ1) is 17.8. The number of anilines is 2. The van der Waals surface area contributed by atoms with Crippen LogP contribution in [0.3, 0.4) is 0 Å². The van der Waals surface area contributed by atoms with Crippen molar-refractivity contribution in [2.24, 2.45) is 11.8 Å². The van der Waals surface area contributed by atoms with Crippen LogP contribution in [0.1, 0.15) is 44.6 Å². The van der Waals surface area contributed by atoms with Gasteiger partial charge in [0.15, 0.2) is 0 Å². The Morgan fingerprint density at radius 3 is 2.36 bits per heavy atom. The van der Waals surface area contributed by atoms with Crippen LogP contribution in [0.5, 0.6) is 0 Å². The Hall–Kier alpha value is -2.04. The summed E-state index contributed by atoms with van der Waals surface area (Å²) in [5, 5.41) is 3.02. The minimum absolute atomic E-state index is 0.114. The monoisotopic (exact) mass is 343 g/mol. The molecule has 25 heavy (non-hydrogen) atoms. The number of hydrogen-bond donors (Lipinski definition) is 1. The summed E-state index contributed by atoms with van der Waals surface area (Å²) in [5.41, 5.74) is 3.00. The van der Waals surface area contributed by atoms with Gasteiger partial charge in [0.25, 0.3) is 0 Å². The average molecular weight is 343 g/mol. The third-order valence-electron chi connectivity index (χ3n) is 4.87. The van der Waals surface area contributed by atoms with E-state index in [9.17, 15) is 9.59 Å². The minimum Gasteiger partial charge on any atom is -0.377 e. The van der Waals surface area contributed by atoms with Gasteiger partial charge in [-0.3, -0.25) is 9.59 Å². The van der Waals surface area contributed by atoms with Gasteiger partial charge in [0, 0.05) is 50.4 Å². The summed E-state index contributed by atoms with van der Waals surface area (Å²) in [7, 11) is 4.02. The van der Waals surface area contributed by atoms with Crippen LogP contribution < -0.4 is 10.2 Å². The van der Waals surface area contributed by atoms with E-state index in [0.717, 1.165) is 55.6 Å². The van der Waals surface area contributed by atoms with E-state index >= 15 is 0 Å². The summed E-state index contributed by atoms with van der Waals surface area (Å²) in [6.07, 6.45) is 4.99. The summed E-state index contributed by atoms with van der Waals surface area (Å²) in [4.78, 5) is 28.7. The van der Waals surface area contributed by atoms with Crippen LogP contribution in [0.15, 0.2) is 18.2 Å². The van der Waals surface area contributed by atoms with Crippen LogP contribution in [-0.2, 0) is 16.1 Å². The fraction of sp³-hybridized carbons (Fsp3) is 0.600. The highest BCUT2D eigenvalue weighted by Gasteiger charge is 2.33. The number of hydrogen-bond acceptors (Lipinski definition) is 3. The van der Waals surface area contributed by atoms with E-state index in [1.807, 2.05) is 37.2 Å². The number of nitrogens with one attached hydrogen (secondary N) is 1. The van der Waals surface area contributed by atoms with Crippen molar-refractivity contribution in [1.82, 2.24) is 4.90 Å². The van der Waals surface area contributed by atoms with Crippen molar-refractivity contribution >= 4 is 23.2 Å². The van der Waals surface area contributed by atoms with Crippen LogP contribution in [-0.4, -0.2) is 37.4 Å². The van der Waals surface area contributed by atoms with E-state index in [0.29, 0.717) is 6.54 Å². The molecule has 0 unspecified atom stereocenters. The fourth-order valence-corrected chi connectivity index (χ4v) is 3.15. The van der Waals surface area contributed by atoms with Gasteiger partial charge in [-0.1, -0.05) is 6.92 Å². The molecule has 1 aromatic carbocycles. The maximum absolute atomic E-state index is 12.6. The number of carbonyl (C=O) groups excluding carboxylic acids is 2. The summed E-state index contributed by atoms with van der Waals surface area (Å²) in [6.45, 7) is 3.48. The predicted octanol–water partition coefficient (Wildman–Crippen LogP) is 3.25. The molecule has 3 rings (SSSR count). The molecule has 0 bridgehead atoms. The molecule has 2 amide bonds. The van der Waals surface area contributed by atoms with Gasteiger partial charge in [-0.05, 0) is 55.9 Å². The van der Waals surface area contributed by atoms with Crippen LogP contribution in [0.4, 0.5) is 11.4 Å². The second-order valence-corrected chi connectivity index (χ2v) is 7.54. The molecule has 0 aromatic heterocycles. The van der Waals surface area contributed by atoms with Gasteiger partial charge in [0.05, 0.1) is 0 Å². The summed E-state index contributed by atoms with van der Waals surface area (Å²) in [6, 6.07) is 6.01. The molecule has 0 heterocycles. The van der Waals surface area contributed by atoms with E-state index in [2.05, 4.69) is 17.1 Å². The predicted molar refractivity (Wildman–Crippen MR) is 101 cm³/mol. The van der Waals surface area contributed by atoms with Crippen molar-refractivity contribution in [2.75, 3.05) is 30.9 Å². The van der Waals surface area contributed by atoms with Gasteiger partial charge in [-0.2, -0.15) is 0 Å². The minimum atomic E-state index is 0.114. The van der Waals surface area contributed by atoms with E-state index in [1.54, 1.807) is 0 Å². The zero-order valence-electron chi connectivity index (χ0n) is 15.5. The molecule has 0 saturated heterocycles. The van der Waals surface area contributed by atoms with Crippen molar-refractivity contribution in [3.05, 3.63) is 23.8 Å². The number of amides is 2. The number of carbonyl (C=O) groups is 2. The van der Waals surface area contributed by atoms with Crippen LogP contribution in [0.2, 0.25) is 0 Å². The Morgan fingerprint density at radius 2 is 1.80 bits per heavy atom. The Labute approximate surface area is 150 Å². The number of nitrogens with zero attached hydrogens (tertiary/aromatic N) is 2. The Morgan fingerprint density at radius 1 is 1.12 bits per heavy atom. The Bertz CT molecular complexity index is 648. The normalized spacial score (nSPS) is 16.4. The fourth-order valence-electron chi connectivity index (χ4n) is 3.15. The number of benzene rings is 1. The summed E-state index contributed by atoms with van der Waals surface area (Å²) < 4.78 is 0. The van der Waals surface area contributed by atoms with Gasteiger partial charge in [0.1, 0.15) is 0 Å². The second kappa shape index (κ2) is 7.46. The molecular formula is C20H29N3O2. The smallest absolute Gasteiger partial charge is 0.227 e. The number of rotatable bonds is 8. The summed E-state index contributed by atoms with van der Waals surface area (Å²) in [5.74, 6) is 0.805. The molecule has 0 spiro atoms. The molecule has 2 saturated carbocycles. The molecule has 2 aliphatic rings. The van der Waals surface area contributed by atoms with Crippen molar-refractivity contribution in [2.45, 2.75) is 45.6 Å². The quantitative estimate of drug-likeness (QED) is 0.788. The van der Waals surface area contributed by atoms with Crippen molar-refractivity contribution in [1.29, 1.82) is 0 Å².